The Bertz CT molecular complexity index is 304. The van der Waals surface area contributed by atoms with Crippen LogP contribution in [-0.4, -0.2) is 59.0 Å². The van der Waals surface area contributed by atoms with E-state index in [9.17, 15) is 14.7 Å². The zero-order valence-electron chi connectivity index (χ0n) is 9.72. The lowest BCUT2D eigenvalue weighted by Crippen LogP contribution is -2.61. The number of fused-ring (bicyclic) bond motifs is 2. The molecule has 2 atom stereocenters. The first-order valence-corrected chi connectivity index (χ1v) is 5.65. The van der Waals surface area contributed by atoms with Crippen LogP contribution in [0.1, 0.15) is 25.7 Å². The highest BCUT2D eigenvalue weighted by atomic mass is 16.4. The third-order valence-corrected chi connectivity index (χ3v) is 4.36. The summed E-state index contributed by atoms with van der Waals surface area (Å²) < 4.78 is 0. The zero-order valence-corrected chi connectivity index (χ0v) is 9.72. The molecule has 2 rings (SSSR count). The highest BCUT2D eigenvalue weighted by Gasteiger charge is 2.53. The molecular formula is C11H18N2O3. The summed E-state index contributed by atoms with van der Waals surface area (Å²) in [4.78, 5) is 26.0. The molecule has 0 aromatic rings. The fourth-order valence-electron chi connectivity index (χ4n) is 3.16. The van der Waals surface area contributed by atoms with E-state index in [1.807, 2.05) is 0 Å². The predicted molar refractivity (Wildman–Crippen MR) is 58.0 cm³/mol. The van der Waals surface area contributed by atoms with Crippen LogP contribution in [-0.2, 0) is 9.59 Å². The van der Waals surface area contributed by atoms with Gasteiger partial charge in [0.1, 0.15) is 5.54 Å². The van der Waals surface area contributed by atoms with Gasteiger partial charge in [-0.1, -0.05) is 0 Å². The second-order valence-corrected chi connectivity index (χ2v) is 5.01. The molecule has 2 bridgehead atoms. The number of carboxylic acids is 1. The average Bonchev–Trinajstić information content (AvgIpc) is 2.52. The molecule has 5 nitrogen and oxygen atoms in total. The summed E-state index contributed by atoms with van der Waals surface area (Å²) in [6, 6.07) is 0.606. The molecule has 0 spiro atoms. The topological polar surface area (TPSA) is 60.9 Å². The van der Waals surface area contributed by atoms with Crippen LogP contribution < -0.4 is 0 Å². The van der Waals surface area contributed by atoms with Crippen LogP contribution in [0.25, 0.3) is 0 Å². The number of carboxylic acid groups (broad SMARTS) is 1. The molecule has 2 saturated heterocycles. The van der Waals surface area contributed by atoms with E-state index < -0.39 is 11.5 Å². The van der Waals surface area contributed by atoms with Gasteiger partial charge in [-0.15, -0.1) is 0 Å². The summed E-state index contributed by atoms with van der Waals surface area (Å²) in [6.45, 7) is 0. The third-order valence-electron chi connectivity index (χ3n) is 4.36. The van der Waals surface area contributed by atoms with Crippen molar-refractivity contribution in [1.29, 1.82) is 0 Å². The van der Waals surface area contributed by atoms with Crippen LogP contribution in [0.2, 0.25) is 0 Å². The molecule has 2 aliphatic rings. The van der Waals surface area contributed by atoms with Gasteiger partial charge in [0, 0.05) is 19.1 Å². The van der Waals surface area contributed by atoms with Gasteiger partial charge in [-0.05, 0) is 32.7 Å². The van der Waals surface area contributed by atoms with Crippen LogP contribution in [0.4, 0.5) is 0 Å². The van der Waals surface area contributed by atoms with E-state index in [-0.39, 0.29) is 0 Å². The van der Waals surface area contributed by atoms with E-state index in [1.165, 1.54) is 4.90 Å². The smallest absolute Gasteiger partial charge is 0.329 e. The van der Waals surface area contributed by atoms with E-state index in [2.05, 4.69) is 11.9 Å². The monoisotopic (exact) mass is 226 g/mol. The van der Waals surface area contributed by atoms with Gasteiger partial charge in [0.25, 0.3) is 0 Å². The molecule has 1 N–H and O–H groups in total. The molecule has 1 amide bonds. The maximum absolute atomic E-state index is 11.5. The molecule has 0 radical (unpaired) electrons. The summed E-state index contributed by atoms with van der Waals surface area (Å²) in [6.07, 6.45) is 3.82. The maximum atomic E-state index is 11.5. The van der Waals surface area contributed by atoms with E-state index in [1.54, 1.807) is 7.05 Å². The van der Waals surface area contributed by atoms with Crippen molar-refractivity contribution < 1.29 is 14.7 Å². The van der Waals surface area contributed by atoms with Crippen LogP contribution in [0.15, 0.2) is 0 Å². The van der Waals surface area contributed by atoms with Gasteiger partial charge in [0.2, 0.25) is 6.41 Å². The first kappa shape index (κ1) is 11.4. The SMILES string of the molecule is CN1C2CCC1CC(C(=O)O)(N(C)C=O)C2. The van der Waals surface area contributed by atoms with E-state index in [0.29, 0.717) is 31.3 Å². The molecule has 0 aromatic carbocycles. The number of likely N-dealkylation sites (N-methyl/N-ethyl adjacent to an activating group) is 1. The molecule has 90 valence electrons. The average molecular weight is 226 g/mol. The van der Waals surface area contributed by atoms with Crippen LogP contribution in [0, 0.1) is 0 Å². The van der Waals surface area contributed by atoms with Crippen molar-refractivity contribution in [3.8, 4) is 0 Å². The Labute approximate surface area is 95.0 Å². The molecule has 0 aromatic heterocycles. The van der Waals surface area contributed by atoms with Gasteiger partial charge in [0.05, 0.1) is 0 Å². The van der Waals surface area contributed by atoms with Gasteiger partial charge in [-0.2, -0.15) is 0 Å². The molecule has 2 heterocycles. The largest absolute Gasteiger partial charge is 0.479 e. The molecule has 2 unspecified atom stereocenters. The van der Waals surface area contributed by atoms with Crippen molar-refractivity contribution >= 4 is 12.4 Å². The summed E-state index contributed by atoms with van der Waals surface area (Å²) >= 11 is 0. The number of carbonyl (C=O) groups is 2. The summed E-state index contributed by atoms with van der Waals surface area (Å²) in [5.74, 6) is -0.868. The Morgan fingerprint density at radius 3 is 2.31 bits per heavy atom. The van der Waals surface area contributed by atoms with Crippen molar-refractivity contribution in [2.75, 3.05) is 14.1 Å². The van der Waals surface area contributed by atoms with Crippen LogP contribution in [0.5, 0.6) is 0 Å². The predicted octanol–water partition coefficient (Wildman–Crippen LogP) is 0.155. The van der Waals surface area contributed by atoms with Crippen LogP contribution in [0.3, 0.4) is 0 Å². The summed E-state index contributed by atoms with van der Waals surface area (Å²) in [5, 5.41) is 9.42. The number of rotatable bonds is 3. The number of nitrogens with zero attached hydrogens (tertiary/aromatic N) is 2. The van der Waals surface area contributed by atoms with Gasteiger partial charge in [0.15, 0.2) is 0 Å². The van der Waals surface area contributed by atoms with Crippen molar-refractivity contribution in [3.63, 3.8) is 0 Å². The molecule has 0 aliphatic carbocycles. The Kier molecular flexibility index (Phi) is 2.66. The second-order valence-electron chi connectivity index (χ2n) is 5.01. The highest BCUT2D eigenvalue weighted by Crippen LogP contribution is 2.42. The number of piperidine rings is 1. The normalized spacial score (nSPS) is 38.4. The molecule has 2 fully saturated rings. The van der Waals surface area contributed by atoms with E-state index in [0.717, 1.165) is 12.8 Å². The maximum Gasteiger partial charge on any atom is 0.329 e. The third kappa shape index (κ3) is 1.42. The van der Waals surface area contributed by atoms with Crippen molar-refractivity contribution in [2.24, 2.45) is 0 Å². The molecule has 2 aliphatic heterocycles. The quantitative estimate of drug-likeness (QED) is 0.696. The van der Waals surface area contributed by atoms with Gasteiger partial charge in [-0.3, -0.25) is 4.79 Å². The van der Waals surface area contributed by atoms with E-state index >= 15 is 0 Å². The van der Waals surface area contributed by atoms with Crippen LogP contribution >= 0.6 is 0 Å². The number of hydrogen-bond donors (Lipinski definition) is 1. The fraction of sp³-hybridized carbons (Fsp3) is 0.818. The minimum Gasteiger partial charge on any atom is -0.479 e. The Morgan fingerprint density at radius 1 is 1.44 bits per heavy atom. The molecule has 0 saturated carbocycles. The lowest BCUT2D eigenvalue weighted by molar-refractivity contribution is -0.159. The zero-order chi connectivity index (χ0) is 11.9. The highest BCUT2D eigenvalue weighted by molar-refractivity contribution is 5.82. The lowest BCUT2D eigenvalue weighted by Gasteiger charge is -2.45. The lowest BCUT2D eigenvalue weighted by atomic mass is 9.82. The first-order valence-electron chi connectivity index (χ1n) is 5.65. The standard InChI is InChI=1S/C11H18N2O3/c1-12(7-14)11(10(15)16)5-8-3-4-9(6-11)13(8)2/h7-9H,3-6H2,1-2H3,(H,15,16). The number of carbonyl (C=O) groups excluding carboxylic acids is 1. The minimum absolute atomic E-state index is 0.303. The Balaban J connectivity index is 2.30. The van der Waals surface area contributed by atoms with E-state index in [4.69, 9.17) is 0 Å². The van der Waals surface area contributed by atoms with Crippen molar-refractivity contribution in [3.05, 3.63) is 0 Å². The first-order chi connectivity index (χ1) is 7.51. The Morgan fingerprint density at radius 2 is 1.94 bits per heavy atom. The van der Waals surface area contributed by atoms with Gasteiger partial charge >= 0.3 is 5.97 Å². The molecular weight excluding hydrogens is 208 g/mol. The summed E-state index contributed by atoms with van der Waals surface area (Å²) in [7, 11) is 3.63. The molecule has 5 heteroatoms. The molecule has 16 heavy (non-hydrogen) atoms. The Hall–Kier alpha value is -1.10. The van der Waals surface area contributed by atoms with Gasteiger partial charge < -0.3 is 14.9 Å². The number of hydrogen-bond acceptors (Lipinski definition) is 3. The second kappa shape index (κ2) is 3.73. The van der Waals surface area contributed by atoms with Gasteiger partial charge in [-0.25, -0.2) is 4.79 Å². The fourth-order valence-corrected chi connectivity index (χ4v) is 3.16. The summed E-state index contributed by atoms with van der Waals surface area (Å²) in [5.41, 5.74) is -0.986. The minimum atomic E-state index is -0.986. The van der Waals surface area contributed by atoms with Crippen molar-refractivity contribution in [1.82, 2.24) is 9.80 Å². The number of amides is 1. The van der Waals surface area contributed by atoms with Crippen molar-refractivity contribution in [2.45, 2.75) is 43.3 Å². The number of aliphatic carboxylic acids is 1.